The van der Waals surface area contributed by atoms with Crippen LogP contribution in [0.2, 0.25) is 0 Å². The summed E-state index contributed by atoms with van der Waals surface area (Å²) in [6.07, 6.45) is 0. The number of aliphatic hydroxyl groups is 1. The van der Waals surface area contributed by atoms with Gasteiger partial charge in [-0.3, -0.25) is 4.90 Å². The van der Waals surface area contributed by atoms with E-state index in [9.17, 15) is 4.79 Å². The van der Waals surface area contributed by atoms with Crippen molar-refractivity contribution in [1.29, 1.82) is 0 Å². The molecule has 0 saturated carbocycles. The van der Waals surface area contributed by atoms with E-state index in [1.165, 1.54) is 0 Å². The lowest BCUT2D eigenvalue weighted by atomic mass is 10.3. The highest BCUT2D eigenvalue weighted by Gasteiger charge is 2.20. The van der Waals surface area contributed by atoms with E-state index in [1.807, 2.05) is 0 Å². The molecule has 1 aliphatic rings. The van der Waals surface area contributed by atoms with Crippen molar-refractivity contribution in [2.45, 2.75) is 6.92 Å². The molecule has 86 valence electrons. The largest absolute Gasteiger partial charge is 0.395 e. The van der Waals surface area contributed by atoms with Gasteiger partial charge in [0.1, 0.15) is 0 Å². The summed E-state index contributed by atoms with van der Waals surface area (Å²) in [5, 5.41) is 11.5. The van der Waals surface area contributed by atoms with Crippen LogP contribution in [-0.4, -0.2) is 60.3 Å². The monoisotopic (exact) mass is 213 g/mol. The van der Waals surface area contributed by atoms with Crippen LogP contribution in [0.15, 0.2) is 12.3 Å². The standard InChI is InChI=1S/C10H19N3O2/c1-9(2)11-10(15)13-5-3-12(4-6-13)7-8-14/h14H,1,3-8H2,2H3,(H,11,15). The molecule has 0 radical (unpaired) electrons. The van der Waals surface area contributed by atoms with E-state index in [0.29, 0.717) is 25.3 Å². The van der Waals surface area contributed by atoms with E-state index in [-0.39, 0.29) is 12.6 Å². The Bertz CT molecular complexity index is 235. The summed E-state index contributed by atoms with van der Waals surface area (Å²) in [6, 6.07) is -0.0776. The maximum Gasteiger partial charge on any atom is 0.321 e. The zero-order chi connectivity index (χ0) is 11.3. The van der Waals surface area contributed by atoms with Gasteiger partial charge in [-0.2, -0.15) is 0 Å². The van der Waals surface area contributed by atoms with Crippen molar-refractivity contribution in [3.63, 3.8) is 0 Å². The number of rotatable bonds is 3. The number of hydrogen-bond donors (Lipinski definition) is 2. The van der Waals surface area contributed by atoms with Gasteiger partial charge >= 0.3 is 6.03 Å². The number of β-amino-alcohol motifs (C(OH)–C–C–N with tert-alkyl or cyclic N) is 1. The predicted molar refractivity (Wildman–Crippen MR) is 58.4 cm³/mol. The van der Waals surface area contributed by atoms with Crippen molar-refractivity contribution in [2.24, 2.45) is 0 Å². The maximum absolute atomic E-state index is 11.6. The number of urea groups is 1. The second-order valence-electron chi connectivity index (χ2n) is 3.76. The first-order valence-corrected chi connectivity index (χ1v) is 5.18. The van der Waals surface area contributed by atoms with Crippen molar-refractivity contribution < 1.29 is 9.90 Å². The number of nitrogens with zero attached hydrogens (tertiary/aromatic N) is 2. The van der Waals surface area contributed by atoms with Crippen LogP contribution in [0, 0.1) is 0 Å². The Labute approximate surface area is 90.4 Å². The first kappa shape index (κ1) is 12.0. The molecule has 1 saturated heterocycles. The lowest BCUT2D eigenvalue weighted by Gasteiger charge is -2.34. The van der Waals surface area contributed by atoms with E-state index in [0.717, 1.165) is 13.1 Å². The molecular formula is C10H19N3O2. The van der Waals surface area contributed by atoms with E-state index in [2.05, 4.69) is 16.8 Å². The van der Waals surface area contributed by atoms with Crippen molar-refractivity contribution >= 4 is 6.03 Å². The summed E-state index contributed by atoms with van der Waals surface area (Å²) in [4.78, 5) is 15.5. The molecular weight excluding hydrogens is 194 g/mol. The van der Waals surface area contributed by atoms with E-state index in [4.69, 9.17) is 5.11 Å². The molecule has 0 aromatic carbocycles. The third-order valence-corrected chi connectivity index (χ3v) is 2.40. The highest BCUT2D eigenvalue weighted by Crippen LogP contribution is 2.01. The van der Waals surface area contributed by atoms with Crippen LogP contribution in [0.3, 0.4) is 0 Å². The molecule has 1 fully saturated rings. The first-order valence-electron chi connectivity index (χ1n) is 5.18. The molecule has 2 amide bonds. The lowest BCUT2D eigenvalue weighted by molar-refractivity contribution is 0.123. The molecule has 0 aromatic heterocycles. The second-order valence-corrected chi connectivity index (χ2v) is 3.76. The normalized spacial score (nSPS) is 17.6. The molecule has 1 rings (SSSR count). The second kappa shape index (κ2) is 5.72. The van der Waals surface area contributed by atoms with Crippen molar-refractivity contribution in [2.75, 3.05) is 39.3 Å². The van der Waals surface area contributed by atoms with Crippen LogP contribution in [0.4, 0.5) is 4.79 Å². The number of allylic oxidation sites excluding steroid dienone is 1. The van der Waals surface area contributed by atoms with Gasteiger partial charge in [-0.25, -0.2) is 4.79 Å². The Morgan fingerprint density at radius 2 is 2.00 bits per heavy atom. The third kappa shape index (κ3) is 3.89. The molecule has 0 spiro atoms. The highest BCUT2D eigenvalue weighted by atomic mass is 16.3. The number of carbonyl (C=O) groups excluding carboxylic acids is 1. The number of carbonyl (C=O) groups is 1. The number of aliphatic hydroxyl groups excluding tert-OH is 1. The summed E-state index contributed by atoms with van der Waals surface area (Å²) < 4.78 is 0. The topological polar surface area (TPSA) is 55.8 Å². The van der Waals surface area contributed by atoms with Crippen LogP contribution in [-0.2, 0) is 0 Å². The lowest BCUT2D eigenvalue weighted by Crippen LogP contribution is -2.51. The summed E-state index contributed by atoms with van der Waals surface area (Å²) in [5.74, 6) is 0. The van der Waals surface area contributed by atoms with Gasteiger partial charge in [0.05, 0.1) is 6.61 Å². The van der Waals surface area contributed by atoms with Crippen LogP contribution in [0.1, 0.15) is 6.92 Å². The third-order valence-electron chi connectivity index (χ3n) is 2.40. The van der Waals surface area contributed by atoms with Gasteiger partial charge in [0.2, 0.25) is 0 Å². The van der Waals surface area contributed by atoms with E-state index >= 15 is 0 Å². The van der Waals surface area contributed by atoms with Crippen molar-refractivity contribution in [3.8, 4) is 0 Å². The van der Waals surface area contributed by atoms with E-state index in [1.54, 1.807) is 11.8 Å². The van der Waals surface area contributed by atoms with Gasteiger partial charge in [0.15, 0.2) is 0 Å². The van der Waals surface area contributed by atoms with Gasteiger partial charge in [-0.05, 0) is 6.92 Å². The molecule has 0 atom stereocenters. The molecule has 1 aliphatic heterocycles. The van der Waals surface area contributed by atoms with Crippen LogP contribution < -0.4 is 5.32 Å². The minimum atomic E-state index is -0.0776. The Kier molecular flexibility index (Phi) is 4.58. The maximum atomic E-state index is 11.6. The number of nitrogens with one attached hydrogen (secondary N) is 1. The van der Waals surface area contributed by atoms with Gasteiger partial charge in [-0.15, -0.1) is 0 Å². The van der Waals surface area contributed by atoms with Gasteiger partial charge in [-0.1, -0.05) is 6.58 Å². The fourth-order valence-corrected chi connectivity index (χ4v) is 1.58. The minimum Gasteiger partial charge on any atom is -0.395 e. The highest BCUT2D eigenvalue weighted by molar-refractivity contribution is 5.75. The molecule has 15 heavy (non-hydrogen) atoms. The van der Waals surface area contributed by atoms with Crippen molar-refractivity contribution in [1.82, 2.24) is 15.1 Å². The predicted octanol–water partition coefficient (Wildman–Crippen LogP) is -0.161. The zero-order valence-corrected chi connectivity index (χ0v) is 9.20. The molecule has 0 bridgehead atoms. The first-order chi connectivity index (χ1) is 7.13. The fraction of sp³-hybridized carbons (Fsp3) is 0.700. The Morgan fingerprint density at radius 3 is 2.47 bits per heavy atom. The summed E-state index contributed by atoms with van der Waals surface area (Å²) in [6.45, 7) is 9.33. The van der Waals surface area contributed by atoms with Gasteiger partial charge < -0.3 is 15.3 Å². The molecule has 5 heteroatoms. The van der Waals surface area contributed by atoms with E-state index < -0.39 is 0 Å². The molecule has 0 aromatic rings. The Balaban J connectivity index is 2.30. The number of piperazine rings is 1. The number of amides is 2. The van der Waals surface area contributed by atoms with Gasteiger partial charge in [0, 0.05) is 38.4 Å². The van der Waals surface area contributed by atoms with Crippen LogP contribution in [0.5, 0.6) is 0 Å². The SMILES string of the molecule is C=C(C)NC(=O)N1CCN(CCO)CC1. The van der Waals surface area contributed by atoms with Gasteiger partial charge in [0.25, 0.3) is 0 Å². The smallest absolute Gasteiger partial charge is 0.321 e. The zero-order valence-electron chi connectivity index (χ0n) is 9.20. The fourth-order valence-electron chi connectivity index (χ4n) is 1.58. The molecule has 0 unspecified atom stereocenters. The Morgan fingerprint density at radius 1 is 1.40 bits per heavy atom. The molecule has 5 nitrogen and oxygen atoms in total. The summed E-state index contributed by atoms with van der Waals surface area (Å²) in [7, 11) is 0. The Hall–Kier alpha value is -1.07. The molecule has 1 heterocycles. The van der Waals surface area contributed by atoms with Crippen LogP contribution >= 0.6 is 0 Å². The molecule has 0 aliphatic carbocycles. The average molecular weight is 213 g/mol. The minimum absolute atomic E-state index is 0.0776. The van der Waals surface area contributed by atoms with Crippen LogP contribution in [0.25, 0.3) is 0 Å². The average Bonchev–Trinajstić information content (AvgIpc) is 2.18. The molecule has 2 N–H and O–H groups in total. The van der Waals surface area contributed by atoms with Crippen molar-refractivity contribution in [3.05, 3.63) is 12.3 Å². The summed E-state index contributed by atoms with van der Waals surface area (Å²) in [5.41, 5.74) is 0.665. The quantitative estimate of drug-likeness (QED) is 0.685. The summed E-state index contributed by atoms with van der Waals surface area (Å²) >= 11 is 0. The number of hydrogen-bond acceptors (Lipinski definition) is 3.